The fourth-order valence-electron chi connectivity index (χ4n) is 2.72. The Kier molecular flexibility index (Phi) is 6.00. The molecule has 0 aliphatic heterocycles. The van der Waals surface area contributed by atoms with Crippen molar-refractivity contribution in [3.63, 3.8) is 0 Å². The Hall–Kier alpha value is 0.0500. The van der Waals surface area contributed by atoms with Gasteiger partial charge in [-0.1, -0.05) is 20.8 Å². The van der Waals surface area contributed by atoms with Gasteiger partial charge >= 0.3 is 0 Å². The normalized spacial score (nSPS) is 25.2. The molecule has 0 aromatic heterocycles. The van der Waals surface area contributed by atoms with Gasteiger partial charge in [0.1, 0.15) is 0 Å². The van der Waals surface area contributed by atoms with Gasteiger partial charge in [-0.2, -0.15) is 0 Å². The number of carbonyl (C=O) groups is 1. The van der Waals surface area contributed by atoms with Crippen molar-refractivity contribution in [2.45, 2.75) is 58.9 Å². The first-order chi connectivity index (χ1) is 8.72. The minimum atomic E-state index is -0.485. The fourth-order valence-corrected chi connectivity index (χ4v) is 3.14. The molecule has 1 aliphatic rings. The van der Waals surface area contributed by atoms with Crippen LogP contribution in [0.1, 0.15) is 53.4 Å². The van der Waals surface area contributed by atoms with Crippen LogP contribution in [-0.4, -0.2) is 23.2 Å². The SMILES string of the molecule is CC(CCl)(CCl)NC(=O)C1CCC(C(C)(C)C)CC1. The summed E-state index contributed by atoms with van der Waals surface area (Å²) < 4.78 is 0. The molecule has 0 aromatic rings. The maximum Gasteiger partial charge on any atom is 0.223 e. The van der Waals surface area contributed by atoms with Gasteiger partial charge in [0.15, 0.2) is 0 Å². The molecule has 1 saturated carbocycles. The van der Waals surface area contributed by atoms with Crippen molar-refractivity contribution in [1.82, 2.24) is 5.32 Å². The summed E-state index contributed by atoms with van der Waals surface area (Å²) in [6, 6.07) is 0. The lowest BCUT2D eigenvalue weighted by molar-refractivity contribution is -0.127. The van der Waals surface area contributed by atoms with Gasteiger partial charge in [-0.25, -0.2) is 0 Å². The standard InChI is InChI=1S/C15H27Cl2NO/c1-14(2,3)12-7-5-11(6-8-12)13(19)18-15(4,9-16)10-17/h11-12H,5-10H2,1-4H3,(H,18,19). The zero-order chi connectivity index (χ0) is 14.7. The third-order valence-electron chi connectivity index (χ3n) is 4.34. The largest absolute Gasteiger partial charge is 0.348 e. The zero-order valence-electron chi connectivity index (χ0n) is 12.6. The molecule has 112 valence electrons. The summed E-state index contributed by atoms with van der Waals surface area (Å²) in [6.45, 7) is 8.76. The number of nitrogens with one attached hydrogen (secondary N) is 1. The molecule has 0 spiro atoms. The predicted molar refractivity (Wildman–Crippen MR) is 82.9 cm³/mol. The van der Waals surface area contributed by atoms with Crippen molar-refractivity contribution in [3.8, 4) is 0 Å². The number of hydrogen-bond donors (Lipinski definition) is 1. The maximum atomic E-state index is 12.3. The molecule has 19 heavy (non-hydrogen) atoms. The Morgan fingerprint density at radius 1 is 1.05 bits per heavy atom. The molecule has 4 heteroatoms. The number of rotatable bonds is 4. The van der Waals surface area contributed by atoms with Gasteiger partial charge in [-0.15, -0.1) is 23.2 Å². The van der Waals surface area contributed by atoms with E-state index in [0.29, 0.717) is 17.2 Å². The van der Waals surface area contributed by atoms with Gasteiger partial charge in [0, 0.05) is 17.7 Å². The average Bonchev–Trinajstić information content (AvgIpc) is 2.37. The van der Waals surface area contributed by atoms with Crippen LogP contribution in [0.5, 0.6) is 0 Å². The number of amides is 1. The molecule has 0 bridgehead atoms. The van der Waals surface area contributed by atoms with E-state index in [1.165, 1.54) is 0 Å². The van der Waals surface area contributed by atoms with Crippen LogP contribution in [0.25, 0.3) is 0 Å². The van der Waals surface area contributed by atoms with Crippen molar-refractivity contribution >= 4 is 29.1 Å². The van der Waals surface area contributed by atoms with E-state index in [9.17, 15) is 4.79 Å². The van der Waals surface area contributed by atoms with E-state index in [1.807, 2.05) is 6.92 Å². The summed E-state index contributed by atoms with van der Waals surface area (Å²) in [5, 5.41) is 3.01. The van der Waals surface area contributed by atoms with E-state index in [0.717, 1.165) is 31.6 Å². The topological polar surface area (TPSA) is 29.1 Å². The van der Waals surface area contributed by atoms with Crippen molar-refractivity contribution in [2.24, 2.45) is 17.3 Å². The second-order valence-corrected chi connectivity index (χ2v) is 7.77. The second kappa shape index (κ2) is 6.67. The summed E-state index contributed by atoms with van der Waals surface area (Å²) in [4.78, 5) is 12.3. The minimum absolute atomic E-state index is 0.121. The minimum Gasteiger partial charge on any atom is -0.348 e. The molecular weight excluding hydrogens is 281 g/mol. The Bertz CT molecular complexity index is 300. The third kappa shape index (κ3) is 4.82. The molecule has 1 fully saturated rings. The highest BCUT2D eigenvalue weighted by Crippen LogP contribution is 2.39. The third-order valence-corrected chi connectivity index (χ3v) is 5.52. The van der Waals surface area contributed by atoms with Crippen LogP contribution in [0.2, 0.25) is 0 Å². The number of alkyl halides is 2. The van der Waals surface area contributed by atoms with Crippen LogP contribution in [0.4, 0.5) is 0 Å². The van der Waals surface area contributed by atoms with Gasteiger partial charge < -0.3 is 5.32 Å². The highest BCUT2D eigenvalue weighted by molar-refractivity contribution is 6.22. The molecular formula is C15H27Cl2NO. The van der Waals surface area contributed by atoms with Crippen LogP contribution in [0.15, 0.2) is 0 Å². The van der Waals surface area contributed by atoms with E-state index in [4.69, 9.17) is 23.2 Å². The van der Waals surface area contributed by atoms with E-state index in [-0.39, 0.29) is 11.8 Å². The number of halogens is 2. The van der Waals surface area contributed by atoms with Crippen molar-refractivity contribution in [1.29, 1.82) is 0 Å². The quantitative estimate of drug-likeness (QED) is 0.775. The van der Waals surface area contributed by atoms with Gasteiger partial charge in [-0.05, 0) is 43.9 Å². The van der Waals surface area contributed by atoms with E-state index >= 15 is 0 Å². The summed E-state index contributed by atoms with van der Waals surface area (Å²) in [5.41, 5.74) is -0.136. The maximum absolute atomic E-state index is 12.3. The lowest BCUT2D eigenvalue weighted by atomic mass is 9.69. The van der Waals surface area contributed by atoms with E-state index in [2.05, 4.69) is 26.1 Å². The molecule has 1 rings (SSSR count). The van der Waals surface area contributed by atoms with Crippen molar-refractivity contribution in [3.05, 3.63) is 0 Å². The lowest BCUT2D eigenvalue weighted by Crippen LogP contribution is -2.51. The molecule has 0 unspecified atom stereocenters. The van der Waals surface area contributed by atoms with Gasteiger partial charge in [0.25, 0.3) is 0 Å². The van der Waals surface area contributed by atoms with Gasteiger partial charge in [0.2, 0.25) is 5.91 Å². The lowest BCUT2D eigenvalue weighted by Gasteiger charge is -2.37. The van der Waals surface area contributed by atoms with Crippen LogP contribution in [-0.2, 0) is 4.79 Å². The Balaban J connectivity index is 2.50. The monoisotopic (exact) mass is 307 g/mol. The van der Waals surface area contributed by atoms with Crippen LogP contribution < -0.4 is 5.32 Å². The Labute approximate surface area is 127 Å². The van der Waals surface area contributed by atoms with Crippen LogP contribution >= 0.6 is 23.2 Å². The van der Waals surface area contributed by atoms with Crippen molar-refractivity contribution < 1.29 is 4.79 Å². The molecule has 1 N–H and O–H groups in total. The van der Waals surface area contributed by atoms with Crippen molar-refractivity contribution in [2.75, 3.05) is 11.8 Å². The highest BCUT2D eigenvalue weighted by Gasteiger charge is 2.34. The van der Waals surface area contributed by atoms with Gasteiger partial charge in [0.05, 0.1) is 5.54 Å². The smallest absolute Gasteiger partial charge is 0.223 e. The molecule has 1 amide bonds. The predicted octanol–water partition coefficient (Wildman–Crippen LogP) is 4.19. The zero-order valence-corrected chi connectivity index (χ0v) is 14.1. The fraction of sp³-hybridized carbons (Fsp3) is 0.933. The number of carbonyl (C=O) groups excluding carboxylic acids is 1. The molecule has 0 saturated heterocycles. The van der Waals surface area contributed by atoms with Crippen LogP contribution in [0.3, 0.4) is 0 Å². The Morgan fingerprint density at radius 2 is 1.53 bits per heavy atom. The molecule has 1 aliphatic carbocycles. The molecule has 0 radical (unpaired) electrons. The molecule has 2 nitrogen and oxygen atoms in total. The average molecular weight is 308 g/mol. The van der Waals surface area contributed by atoms with E-state index in [1.54, 1.807) is 0 Å². The second-order valence-electron chi connectivity index (χ2n) is 7.23. The Morgan fingerprint density at radius 3 is 1.89 bits per heavy atom. The highest BCUT2D eigenvalue weighted by atomic mass is 35.5. The summed E-state index contributed by atoms with van der Waals surface area (Å²) in [5.74, 6) is 1.67. The summed E-state index contributed by atoms with van der Waals surface area (Å²) >= 11 is 11.8. The first kappa shape index (κ1) is 17.1. The molecule has 0 aromatic carbocycles. The molecule has 0 heterocycles. The number of hydrogen-bond acceptors (Lipinski definition) is 1. The first-order valence-corrected chi connectivity index (χ1v) is 8.23. The van der Waals surface area contributed by atoms with Gasteiger partial charge in [-0.3, -0.25) is 4.79 Å². The summed E-state index contributed by atoms with van der Waals surface area (Å²) in [7, 11) is 0. The first-order valence-electron chi connectivity index (χ1n) is 7.16. The van der Waals surface area contributed by atoms with E-state index < -0.39 is 5.54 Å². The summed E-state index contributed by atoms with van der Waals surface area (Å²) in [6.07, 6.45) is 4.24. The van der Waals surface area contributed by atoms with Crippen LogP contribution in [0, 0.1) is 17.3 Å². The molecule has 0 atom stereocenters.